The molecule has 0 aliphatic carbocycles. The molecule has 82 valence electrons. The van der Waals surface area contributed by atoms with Crippen molar-refractivity contribution >= 4 is 6.29 Å². The van der Waals surface area contributed by atoms with Gasteiger partial charge in [-0.05, 0) is 24.8 Å². The number of allylic oxidation sites excluding steroid dienone is 1. The van der Waals surface area contributed by atoms with Crippen molar-refractivity contribution in [1.29, 1.82) is 0 Å². The van der Waals surface area contributed by atoms with E-state index in [0.29, 0.717) is 0 Å². The van der Waals surface area contributed by atoms with E-state index in [2.05, 4.69) is 13.8 Å². The van der Waals surface area contributed by atoms with E-state index in [-0.39, 0.29) is 6.10 Å². The van der Waals surface area contributed by atoms with Crippen LogP contribution in [0.1, 0.15) is 39.5 Å². The number of aldehydes is 1. The van der Waals surface area contributed by atoms with Crippen molar-refractivity contribution in [3.8, 4) is 0 Å². The Labute approximate surface area is 87.3 Å². The van der Waals surface area contributed by atoms with Gasteiger partial charge in [-0.15, -0.1) is 0 Å². The first kappa shape index (κ1) is 13.4. The molecule has 0 saturated carbocycles. The Morgan fingerprint density at radius 1 is 1.29 bits per heavy atom. The molecule has 0 saturated heterocycles. The Hall–Kier alpha value is -0.630. The van der Waals surface area contributed by atoms with E-state index in [0.717, 1.165) is 25.0 Å². The number of rotatable bonds is 8. The lowest BCUT2D eigenvalue weighted by atomic mass is 10.0. The molecule has 0 aromatic carbocycles. The van der Waals surface area contributed by atoms with Crippen LogP contribution in [-0.4, -0.2) is 19.5 Å². The summed E-state index contributed by atoms with van der Waals surface area (Å²) in [7, 11) is 1.73. The third-order valence-electron chi connectivity index (χ3n) is 2.25. The lowest BCUT2D eigenvalue weighted by Crippen LogP contribution is -2.09. The van der Waals surface area contributed by atoms with Crippen molar-refractivity contribution in [1.82, 2.24) is 0 Å². The van der Waals surface area contributed by atoms with Crippen LogP contribution in [0.15, 0.2) is 12.2 Å². The van der Waals surface area contributed by atoms with E-state index >= 15 is 0 Å². The molecule has 0 amide bonds. The number of methoxy groups -OCH3 is 1. The first-order valence-electron chi connectivity index (χ1n) is 5.33. The van der Waals surface area contributed by atoms with Gasteiger partial charge in [-0.2, -0.15) is 0 Å². The largest absolute Gasteiger partial charge is 0.381 e. The lowest BCUT2D eigenvalue weighted by Gasteiger charge is -2.13. The Balaban J connectivity index is 3.57. The van der Waals surface area contributed by atoms with E-state index in [9.17, 15) is 4.79 Å². The van der Waals surface area contributed by atoms with Crippen molar-refractivity contribution in [2.45, 2.75) is 45.6 Å². The highest BCUT2D eigenvalue weighted by atomic mass is 16.5. The maximum Gasteiger partial charge on any atom is 0.142 e. The average molecular weight is 198 g/mol. The average Bonchev–Trinajstić information content (AvgIpc) is 2.15. The molecule has 14 heavy (non-hydrogen) atoms. The Bertz CT molecular complexity index is 162. The Morgan fingerprint density at radius 2 is 2.00 bits per heavy atom. The second kappa shape index (κ2) is 8.95. The van der Waals surface area contributed by atoms with E-state index in [4.69, 9.17) is 4.74 Å². The molecule has 0 bridgehead atoms. The molecule has 0 spiro atoms. The fourth-order valence-corrected chi connectivity index (χ4v) is 1.37. The summed E-state index contributed by atoms with van der Waals surface area (Å²) >= 11 is 0. The van der Waals surface area contributed by atoms with Gasteiger partial charge in [-0.25, -0.2) is 0 Å². The van der Waals surface area contributed by atoms with Crippen LogP contribution in [0.2, 0.25) is 0 Å². The lowest BCUT2D eigenvalue weighted by molar-refractivity contribution is -0.104. The molecule has 2 nitrogen and oxygen atoms in total. The summed E-state index contributed by atoms with van der Waals surface area (Å²) in [6.07, 6.45) is 8.85. The Morgan fingerprint density at radius 3 is 2.50 bits per heavy atom. The van der Waals surface area contributed by atoms with Gasteiger partial charge in [0.25, 0.3) is 0 Å². The van der Waals surface area contributed by atoms with Crippen molar-refractivity contribution in [3.63, 3.8) is 0 Å². The summed E-state index contributed by atoms with van der Waals surface area (Å²) < 4.78 is 5.31. The molecule has 0 aliphatic heterocycles. The van der Waals surface area contributed by atoms with Gasteiger partial charge in [0.1, 0.15) is 6.29 Å². The minimum atomic E-state index is 0.268. The maximum absolute atomic E-state index is 10.1. The molecule has 0 rings (SSSR count). The van der Waals surface area contributed by atoms with Gasteiger partial charge < -0.3 is 4.74 Å². The highest BCUT2D eigenvalue weighted by molar-refractivity contribution is 5.64. The maximum atomic E-state index is 10.1. The monoisotopic (exact) mass is 198 g/mol. The number of carbonyl (C=O) groups excluding carboxylic acids is 1. The van der Waals surface area contributed by atoms with Gasteiger partial charge >= 0.3 is 0 Å². The molecule has 1 unspecified atom stereocenters. The second-order valence-corrected chi connectivity index (χ2v) is 3.98. The van der Waals surface area contributed by atoms with Crippen LogP contribution in [0.4, 0.5) is 0 Å². The van der Waals surface area contributed by atoms with Crippen LogP contribution in [-0.2, 0) is 9.53 Å². The SMILES string of the molecule is COC(C/C=C/C=O)CCCC(C)C. The van der Waals surface area contributed by atoms with Crippen molar-refractivity contribution in [2.75, 3.05) is 7.11 Å². The standard InChI is InChI=1S/C12H22O2/c1-11(2)7-6-9-12(14-3)8-4-5-10-13/h4-5,10-12H,6-9H2,1-3H3/b5-4+. The number of carbonyl (C=O) groups is 1. The highest BCUT2D eigenvalue weighted by Gasteiger charge is 2.05. The molecule has 0 radical (unpaired) electrons. The number of hydrogen-bond acceptors (Lipinski definition) is 2. The fourth-order valence-electron chi connectivity index (χ4n) is 1.37. The zero-order valence-corrected chi connectivity index (χ0v) is 9.53. The summed E-state index contributed by atoms with van der Waals surface area (Å²) in [5.74, 6) is 0.762. The first-order chi connectivity index (χ1) is 6.70. The van der Waals surface area contributed by atoms with Crippen LogP contribution < -0.4 is 0 Å². The first-order valence-corrected chi connectivity index (χ1v) is 5.33. The minimum absolute atomic E-state index is 0.268. The zero-order valence-electron chi connectivity index (χ0n) is 9.53. The summed E-state index contributed by atoms with van der Waals surface area (Å²) in [6, 6.07) is 0. The van der Waals surface area contributed by atoms with Gasteiger partial charge in [-0.3, -0.25) is 4.79 Å². The van der Waals surface area contributed by atoms with E-state index in [1.54, 1.807) is 7.11 Å². The van der Waals surface area contributed by atoms with E-state index in [1.165, 1.54) is 18.9 Å². The topological polar surface area (TPSA) is 26.3 Å². The summed E-state index contributed by atoms with van der Waals surface area (Å²) in [5.41, 5.74) is 0. The smallest absolute Gasteiger partial charge is 0.142 e. The molecule has 0 aromatic heterocycles. The van der Waals surface area contributed by atoms with Gasteiger partial charge in [0.15, 0.2) is 0 Å². The predicted molar refractivity (Wildman–Crippen MR) is 59.3 cm³/mol. The summed E-state index contributed by atoms with van der Waals surface area (Å²) in [4.78, 5) is 10.1. The summed E-state index contributed by atoms with van der Waals surface area (Å²) in [6.45, 7) is 4.46. The van der Waals surface area contributed by atoms with Gasteiger partial charge in [0.05, 0.1) is 6.10 Å². The molecule has 0 heterocycles. The van der Waals surface area contributed by atoms with Crippen molar-refractivity contribution in [3.05, 3.63) is 12.2 Å². The van der Waals surface area contributed by atoms with E-state index < -0.39 is 0 Å². The molecule has 0 aliphatic rings. The number of hydrogen-bond donors (Lipinski definition) is 0. The van der Waals surface area contributed by atoms with Crippen LogP contribution in [0.5, 0.6) is 0 Å². The third-order valence-corrected chi connectivity index (χ3v) is 2.25. The quantitative estimate of drug-likeness (QED) is 0.443. The van der Waals surface area contributed by atoms with Crippen LogP contribution in [0, 0.1) is 5.92 Å². The van der Waals surface area contributed by atoms with Crippen LogP contribution in [0.25, 0.3) is 0 Å². The van der Waals surface area contributed by atoms with Crippen LogP contribution in [0.3, 0.4) is 0 Å². The third kappa shape index (κ3) is 7.99. The molecular formula is C12H22O2. The fraction of sp³-hybridized carbons (Fsp3) is 0.750. The van der Waals surface area contributed by atoms with Crippen molar-refractivity contribution in [2.24, 2.45) is 5.92 Å². The normalized spacial score (nSPS) is 13.7. The summed E-state index contributed by atoms with van der Waals surface area (Å²) in [5, 5.41) is 0. The molecule has 2 heteroatoms. The highest BCUT2D eigenvalue weighted by Crippen LogP contribution is 2.12. The molecular weight excluding hydrogens is 176 g/mol. The zero-order chi connectivity index (χ0) is 10.8. The second-order valence-electron chi connectivity index (χ2n) is 3.98. The molecule has 0 N–H and O–H groups in total. The Kier molecular flexibility index (Phi) is 8.54. The number of ether oxygens (including phenoxy) is 1. The molecule has 0 aromatic rings. The molecule has 1 atom stereocenters. The van der Waals surface area contributed by atoms with Crippen molar-refractivity contribution < 1.29 is 9.53 Å². The van der Waals surface area contributed by atoms with Gasteiger partial charge in [0, 0.05) is 7.11 Å². The van der Waals surface area contributed by atoms with E-state index in [1.807, 2.05) is 6.08 Å². The van der Waals surface area contributed by atoms with Crippen LogP contribution >= 0.6 is 0 Å². The van der Waals surface area contributed by atoms with Gasteiger partial charge in [-0.1, -0.05) is 32.8 Å². The van der Waals surface area contributed by atoms with Gasteiger partial charge in [0.2, 0.25) is 0 Å². The minimum Gasteiger partial charge on any atom is -0.381 e. The predicted octanol–water partition coefficient (Wildman–Crippen LogP) is 2.97. The molecule has 0 fully saturated rings.